The second-order valence-electron chi connectivity index (χ2n) is 7.60. The second-order valence-corrected chi connectivity index (χ2v) is 7.60. The number of para-hydroxylation sites is 1. The molecule has 24 heavy (non-hydrogen) atoms. The van der Waals surface area contributed by atoms with Crippen LogP contribution in [-0.2, 0) is 7.05 Å². The Hall–Kier alpha value is -2.17. The number of hydrogen-bond acceptors (Lipinski definition) is 4. The maximum absolute atomic E-state index is 12.5. The first-order valence-electron chi connectivity index (χ1n) is 9.00. The molecule has 0 amide bonds. The van der Waals surface area contributed by atoms with Gasteiger partial charge in [-0.05, 0) is 55.6 Å². The van der Waals surface area contributed by atoms with Crippen LogP contribution in [0.25, 0.3) is 10.9 Å². The average Bonchev–Trinajstić information content (AvgIpc) is 3.29. The fourth-order valence-electron chi connectivity index (χ4n) is 5.38. The average molecular weight is 322 g/mol. The molecule has 124 valence electrons. The van der Waals surface area contributed by atoms with E-state index in [9.17, 15) is 4.79 Å². The van der Waals surface area contributed by atoms with Crippen molar-refractivity contribution in [2.75, 3.05) is 5.43 Å². The van der Waals surface area contributed by atoms with Crippen LogP contribution in [0.5, 0.6) is 0 Å². The van der Waals surface area contributed by atoms with E-state index in [1.165, 1.54) is 31.4 Å². The molecule has 2 aromatic rings. The molecule has 0 saturated heterocycles. The minimum atomic E-state index is -0.0351. The smallest absolute Gasteiger partial charge is 0.262 e. The van der Waals surface area contributed by atoms with Gasteiger partial charge in [0.05, 0.1) is 10.9 Å². The Balaban J connectivity index is 1.46. The molecule has 0 radical (unpaired) electrons. The van der Waals surface area contributed by atoms with Crippen molar-refractivity contribution in [2.24, 2.45) is 35.8 Å². The molecule has 3 aliphatic carbocycles. The van der Waals surface area contributed by atoms with E-state index in [-0.39, 0.29) is 5.56 Å². The molecule has 5 heteroatoms. The molecular formula is C19H22N4O. The predicted octanol–water partition coefficient (Wildman–Crippen LogP) is 3.16. The number of fused-ring (bicyclic) bond motifs is 6. The van der Waals surface area contributed by atoms with Gasteiger partial charge in [-0.2, -0.15) is 5.10 Å². The quantitative estimate of drug-likeness (QED) is 0.864. The van der Waals surface area contributed by atoms with Crippen LogP contribution in [0.1, 0.15) is 32.1 Å². The van der Waals surface area contributed by atoms with Gasteiger partial charge in [0.25, 0.3) is 5.56 Å². The SMILES string of the molecule is Cn1c(N/N=C2\CC3CC2C2CCCC32)nc2ccccc2c1=O. The predicted molar refractivity (Wildman–Crippen MR) is 95.1 cm³/mol. The maximum Gasteiger partial charge on any atom is 0.262 e. The zero-order chi connectivity index (χ0) is 16.3. The Morgan fingerprint density at radius 2 is 2.08 bits per heavy atom. The van der Waals surface area contributed by atoms with Crippen LogP contribution < -0.4 is 11.0 Å². The van der Waals surface area contributed by atoms with Gasteiger partial charge in [-0.15, -0.1) is 0 Å². The first-order chi connectivity index (χ1) is 11.7. The third kappa shape index (κ3) is 1.96. The van der Waals surface area contributed by atoms with E-state index in [2.05, 4.69) is 15.5 Å². The lowest BCUT2D eigenvalue weighted by molar-refractivity contribution is 0.333. The monoisotopic (exact) mass is 322 g/mol. The Bertz CT molecular complexity index is 900. The van der Waals surface area contributed by atoms with Crippen LogP contribution in [0.4, 0.5) is 5.95 Å². The summed E-state index contributed by atoms with van der Waals surface area (Å²) in [6.45, 7) is 0. The lowest BCUT2D eigenvalue weighted by Gasteiger charge is -2.25. The van der Waals surface area contributed by atoms with Gasteiger partial charge >= 0.3 is 0 Å². The molecule has 3 saturated carbocycles. The summed E-state index contributed by atoms with van der Waals surface area (Å²) < 4.78 is 1.55. The zero-order valence-corrected chi connectivity index (χ0v) is 13.9. The topological polar surface area (TPSA) is 59.3 Å². The Morgan fingerprint density at radius 3 is 3.00 bits per heavy atom. The minimum absolute atomic E-state index is 0.0351. The standard InChI is InChI=1S/C19H22N4O/c1-23-18(24)14-5-2-3-8-16(14)20-19(23)22-21-17-10-11-9-15(17)13-7-4-6-12(11)13/h2-3,5,8,11-13,15H,4,6-7,9-10H2,1H3,(H,20,22)/b21-17+. The van der Waals surface area contributed by atoms with Gasteiger partial charge in [0.2, 0.25) is 5.95 Å². The van der Waals surface area contributed by atoms with Gasteiger partial charge in [-0.25, -0.2) is 10.4 Å². The van der Waals surface area contributed by atoms with E-state index in [4.69, 9.17) is 0 Å². The summed E-state index contributed by atoms with van der Waals surface area (Å²) in [4.78, 5) is 17.0. The maximum atomic E-state index is 12.5. The van der Waals surface area contributed by atoms with Crippen LogP contribution in [0.2, 0.25) is 0 Å². The number of rotatable bonds is 2. The molecule has 1 heterocycles. The summed E-state index contributed by atoms with van der Waals surface area (Å²) in [5, 5.41) is 5.34. The van der Waals surface area contributed by atoms with E-state index in [1.807, 2.05) is 24.3 Å². The minimum Gasteiger partial charge on any atom is -0.280 e. The van der Waals surface area contributed by atoms with Gasteiger partial charge in [-0.3, -0.25) is 9.36 Å². The van der Waals surface area contributed by atoms with Crippen molar-refractivity contribution in [3.8, 4) is 0 Å². The van der Waals surface area contributed by atoms with Crippen LogP contribution in [0.3, 0.4) is 0 Å². The Kier molecular flexibility index (Phi) is 3.05. The first-order valence-corrected chi connectivity index (χ1v) is 9.00. The van der Waals surface area contributed by atoms with Crippen molar-refractivity contribution in [3.63, 3.8) is 0 Å². The molecule has 5 nitrogen and oxygen atoms in total. The van der Waals surface area contributed by atoms with Gasteiger partial charge < -0.3 is 0 Å². The van der Waals surface area contributed by atoms with Crippen LogP contribution in [0, 0.1) is 23.7 Å². The summed E-state index contributed by atoms with van der Waals surface area (Å²) in [6.07, 6.45) is 6.63. The van der Waals surface area contributed by atoms with E-state index in [1.54, 1.807) is 11.6 Å². The molecule has 1 aromatic carbocycles. The molecule has 5 rings (SSSR count). The largest absolute Gasteiger partial charge is 0.280 e. The lowest BCUT2D eigenvalue weighted by atomic mass is 9.81. The van der Waals surface area contributed by atoms with Crippen LogP contribution >= 0.6 is 0 Å². The van der Waals surface area contributed by atoms with Gasteiger partial charge in [0.15, 0.2) is 0 Å². The van der Waals surface area contributed by atoms with E-state index in [0.717, 1.165) is 24.2 Å². The fourth-order valence-corrected chi connectivity index (χ4v) is 5.38. The van der Waals surface area contributed by atoms with Gasteiger partial charge in [0, 0.05) is 18.7 Å². The summed E-state index contributed by atoms with van der Waals surface area (Å²) >= 11 is 0. The third-order valence-corrected chi connectivity index (χ3v) is 6.49. The Labute approximate surface area is 140 Å². The summed E-state index contributed by atoms with van der Waals surface area (Å²) in [7, 11) is 1.75. The highest BCUT2D eigenvalue weighted by molar-refractivity contribution is 5.91. The number of hydrazone groups is 1. The fraction of sp³-hybridized carbons (Fsp3) is 0.526. The first kappa shape index (κ1) is 14.2. The summed E-state index contributed by atoms with van der Waals surface area (Å²) in [5.41, 5.74) is 5.07. The number of anilines is 1. The molecule has 4 unspecified atom stereocenters. The number of nitrogens with zero attached hydrogens (tertiary/aromatic N) is 3. The highest BCUT2D eigenvalue weighted by atomic mass is 16.1. The molecule has 4 atom stereocenters. The molecular weight excluding hydrogens is 300 g/mol. The molecule has 3 fully saturated rings. The molecule has 0 aliphatic heterocycles. The third-order valence-electron chi connectivity index (χ3n) is 6.49. The number of nitrogens with one attached hydrogen (secondary N) is 1. The van der Waals surface area contributed by atoms with Crippen molar-refractivity contribution in [2.45, 2.75) is 32.1 Å². The van der Waals surface area contributed by atoms with Crippen LogP contribution in [0.15, 0.2) is 34.2 Å². The van der Waals surface area contributed by atoms with E-state index in [0.29, 0.717) is 22.8 Å². The normalized spacial score (nSPS) is 32.6. The van der Waals surface area contributed by atoms with Crippen molar-refractivity contribution in [1.29, 1.82) is 0 Å². The van der Waals surface area contributed by atoms with Crippen LogP contribution in [-0.4, -0.2) is 15.3 Å². The number of aromatic nitrogens is 2. The van der Waals surface area contributed by atoms with Crippen molar-refractivity contribution < 1.29 is 0 Å². The zero-order valence-electron chi connectivity index (χ0n) is 13.9. The van der Waals surface area contributed by atoms with E-state index < -0.39 is 0 Å². The highest BCUT2D eigenvalue weighted by Crippen LogP contribution is 2.57. The van der Waals surface area contributed by atoms with Crippen molar-refractivity contribution in [3.05, 3.63) is 34.6 Å². The summed E-state index contributed by atoms with van der Waals surface area (Å²) in [5.74, 6) is 3.84. The molecule has 0 spiro atoms. The summed E-state index contributed by atoms with van der Waals surface area (Å²) in [6, 6.07) is 7.46. The molecule has 1 aromatic heterocycles. The van der Waals surface area contributed by atoms with Gasteiger partial charge in [0.1, 0.15) is 0 Å². The van der Waals surface area contributed by atoms with Gasteiger partial charge in [-0.1, -0.05) is 18.6 Å². The van der Waals surface area contributed by atoms with Crippen molar-refractivity contribution in [1.82, 2.24) is 9.55 Å². The highest BCUT2D eigenvalue weighted by Gasteiger charge is 2.52. The van der Waals surface area contributed by atoms with Crippen molar-refractivity contribution >= 4 is 22.6 Å². The number of benzene rings is 1. The Morgan fingerprint density at radius 1 is 1.25 bits per heavy atom. The lowest BCUT2D eigenvalue weighted by Crippen LogP contribution is -2.26. The molecule has 1 N–H and O–H groups in total. The second kappa shape index (κ2) is 5.16. The molecule has 3 aliphatic rings. The number of hydrogen-bond donors (Lipinski definition) is 1. The molecule has 2 bridgehead atoms. The van der Waals surface area contributed by atoms with E-state index >= 15 is 0 Å².